The summed E-state index contributed by atoms with van der Waals surface area (Å²) in [5.74, 6) is -0.968. The van der Waals surface area contributed by atoms with Crippen molar-refractivity contribution in [3.63, 3.8) is 0 Å². The van der Waals surface area contributed by atoms with Crippen molar-refractivity contribution in [2.75, 3.05) is 19.0 Å². The maximum atomic E-state index is 12.4. The lowest BCUT2D eigenvalue weighted by atomic mass is 9.94. The van der Waals surface area contributed by atoms with E-state index >= 15 is 0 Å². The molecule has 0 bridgehead atoms. The molecule has 0 aromatic heterocycles. The number of ether oxygens (including phenoxy) is 1. The number of nitrogens with zero attached hydrogens (tertiary/aromatic N) is 2. The fourth-order valence-electron chi connectivity index (χ4n) is 3.48. The average Bonchev–Trinajstić information content (AvgIpc) is 2.79. The fraction of sp³-hybridized carbons (Fsp3) is 0.227. The number of allylic oxidation sites excluding steroid dienone is 1. The number of hydrogen-bond donors (Lipinski definition) is 2. The maximum absolute atomic E-state index is 12.4. The quantitative estimate of drug-likeness (QED) is 0.404. The predicted molar refractivity (Wildman–Crippen MR) is 116 cm³/mol. The first kappa shape index (κ1) is 22.5. The lowest BCUT2D eigenvalue weighted by molar-refractivity contribution is -0.384. The van der Waals surface area contributed by atoms with Gasteiger partial charge in [0.15, 0.2) is 0 Å². The van der Waals surface area contributed by atoms with Crippen LogP contribution in [-0.4, -0.2) is 41.4 Å². The molecule has 2 aromatic carbocycles. The second-order valence-corrected chi connectivity index (χ2v) is 7.00. The van der Waals surface area contributed by atoms with Crippen LogP contribution in [0.2, 0.25) is 0 Å². The van der Waals surface area contributed by atoms with Crippen molar-refractivity contribution in [3.8, 4) is 0 Å². The minimum atomic E-state index is -0.697. The SMILES string of the molecule is CCN1C(=O)NC(c2ccc(NC(=O)c3ccc([N+](=O)[O-])cc3)cc2)C(C(=O)OC)=C1C. The second kappa shape index (κ2) is 9.29. The third-order valence-corrected chi connectivity index (χ3v) is 5.16. The van der Waals surface area contributed by atoms with Gasteiger partial charge in [-0.1, -0.05) is 12.1 Å². The van der Waals surface area contributed by atoms with Crippen LogP contribution in [0.1, 0.15) is 35.8 Å². The molecule has 1 aliphatic heterocycles. The topological polar surface area (TPSA) is 131 Å². The zero-order valence-electron chi connectivity index (χ0n) is 17.7. The summed E-state index contributed by atoms with van der Waals surface area (Å²) in [5, 5.41) is 16.3. The zero-order chi connectivity index (χ0) is 23.4. The van der Waals surface area contributed by atoms with E-state index in [9.17, 15) is 24.5 Å². The second-order valence-electron chi connectivity index (χ2n) is 7.00. The first-order valence-corrected chi connectivity index (χ1v) is 9.79. The molecule has 1 unspecified atom stereocenters. The Morgan fingerprint density at radius 3 is 2.31 bits per heavy atom. The van der Waals surface area contributed by atoms with Crippen molar-refractivity contribution < 1.29 is 24.0 Å². The van der Waals surface area contributed by atoms with Gasteiger partial charge in [-0.15, -0.1) is 0 Å². The molecule has 1 aliphatic rings. The van der Waals surface area contributed by atoms with Crippen molar-refractivity contribution in [3.05, 3.63) is 81.0 Å². The number of anilines is 1. The van der Waals surface area contributed by atoms with E-state index in [0.717, 1.165) is 0 Å². The van der Waals surface area contributed by atoms with E-state index in [1.165, 1.54) is 36.3 Å². The van der Waals surface area contributed by atoms with Crippen LogP contribution in [0.3, 0.4) is 0 Å². The van der Waals surface area contributed by atoms with E-state index in [0.29, 0.717) is 29.1 Å². The number of methoxy groups -OCH3 is 1. The Balaban J connectivity index is 1.81. The summed E-state index contributed by atoms with van der Waals surface area (Å²) >= 11 is 0. The lowest BCUT2D eigenvalue weighted by Gasteiger charge is -2.34. The van der Waals surface area contributed by atoms with Gasteiger partial charge in [0.1, 0.15) is 0 Å². The van der Waals surface area contributed by atoms with Crippen LogP contribution in [0.15, 0.2) is 59.8 Å². The highest BCUT2D eigenvalue weighted by Crippen LogP contribution is 2.31. The van der Waals surface area contributed by atoms with Crippen molar-refractivity contribution in [2.45, 2.75) is 19.9 Å². The predicted octanol–water partition coefficient (Wildman–Crippen LogP) is 3.38. The van der Waals surface area contributed by atoms with E-state index in [4.69, 9.17) is 4.74 Å². The fourth-order valence-corrected chi connectivity index (χ4v) is 3.48. The van der Waals surface area contributed by atoms with E-state index in [1.54, 1.807) is 38.1 Å². The number of nitro benzene ring substituents is 1. The summed E-state index contributed by atoms with van der Waals surface area (Å²) in [4.78, 5) is 48.9. The molecule has 0 fully saturated rings. The Bertz CT molecular complexity index is 1090. The van der Waals surface area contributed by atoms with Crippen molar-refractivity contribution in [1.82, 2.24) is 10.2 Å². The van der Waals surface area contributed by atoms with Crippen molar-refractivity contribution in [1.29, 1.82) is 0 Å². The van der Waals surface area contributed by atoms with Gasteiger partial charge >= 0.3 is 12.0 Å². The summed E-state index contributed by atoms with van der Waals surface area (Å²) in [6.45, 7) is 3.90. The molecule has 2 N–H and O–H groups in total. The van der Waals surface area contributed by atoms with Crippen LogP contribution in [0.4, 0.5) is 16.2 Å². The highest BCUT2D eigenvalue weighted by molar-refractivity contribution is 6.04. The summed E-state index contributed by atoms with van der Waals surface area (Å²) in [6.07, 6.45) is 0. The Morgan fingerprint density at radius 1 is 1.16 bits per heavy atom. The molecule has 0 radical (unpaired) electrons. The Morgan fingerprint density at radius 2 is 1.78 bits per heavy atom. The smallest absolute Gasteiger partial charge is 0.337 e. The highest BCUT2D eigenvalue weighted by Gasteiger charge is 2.35. The Hall–Kier alpha value is -4.21. The van der Waals surface area contributed by atoms with Gasteiger partial charge < -0.3 is 15.4 Å². The summed E-state index contributed by atoms with van der Waals surface area (Å²) in [7, 11) is 1.28. The molecule has 0 aliphatic carbocycles. The lowest BCUT2D eigenvalue weighted by Crippen LogP contribution is -2.47. The number of esters is 1. The van der Waals surface area contributed by atoms with Gasteiger partial charge in [-0.25, -0.2) is 9.59 Å². The minimum Gasteiger partial charge on any atom is -0.466 e. The number of nitro groups is 1. The molecular weight excluding hydrogens is 416 g/mol. The Kier molecular flexibility index (Phi) is 6.53. The van der Waals surface area contributed by atoms with Gasteiger partial charge in [-0.3, -0.25) is 19.8 Å². The summed E-state index contributed by atoms with van der Waals surface area (Å²) in [6, 6.07) is 10.9. The molecule has 1 atom stereocenters. The average molecular weight is 438 g/mol. The largest absolute Gasteiger partial charge is 0.466 e. The monoisotopic (exact) mass is 438 g/mol. The van der Waals surface area contributed by atoms with Crippen LogP contribution >= 0.6 is 0 Å². The molecule has 10 nitrogen and oxygen atoms in total. The van der Waals surface area contributed by atoms with E-state index in [-0.39, 0.29) is 17.3 Å². The summed E-state index contributed by atoms with van der Waals surface area (Å²) < 4.78 is 4.91. The number of nitrogens with one attached hydrogen (secondary N) is 2. The van der Waals surface area contributed by atoms with Gasteiger partial charge in [0.05, 0.1) is 23.6 Å². The van der Waals surface area contributed by atoms with Crippen molar-refractivity contribution in [2.24, 2.45) is 0 Å². The molecule has 3 rings (SSSR count). The molecule has 0 saturated heterocycles. The number of urea groups is 1. The molecule has 10 heteroatoms. The first-order valence-electron chi connectivity index (χ1n) is 9.79. The van der Waals surface area contributed by atoms with Gasteiger partial charge in [0.2, 0.25) is 0 Å². The van der Waals surface area contributed by atoms with Crippen LogP contribution in [0, 0.1) is 10.1 Å². The van der Waals surface area contributed by atoms with Gasteiger partial charge in [0, 0.05) is 35.6 Å². The number of rotatable bonds is 6. The molecule has 2 aromatic rings. The number of non-ortho nitro benzene ring substituents is 1. The van der Waals surface area contributed by atoms with E-state index < -0.39 is 22.8 Å². The number of hydrogen-bond acceptors (Lipinski definition) is 6. The third-order valence-electron chi connectivity index (χ3n) is 5.16. The normalized spacial score (nSPS) is 15.8. The van der Waals surface area contributed by atoms with Crippen molar-refractivity contribution >= 4 is 29.3 Å². The summed E-state index contributed by atoms with van der Waals surface area (Å²) in [5.41, 5.74) is 2.13. The van der Waals surface area contributed by atoms with Crippen LogP contribution in [0.25, 0.3) is 0 Å². The third kappa shape index (κ3) is 4.43. The molecule has 1 heterocycles. The maximum Gasteiger partial charge on any atom is 0.337 e. The Labute approximate surface area is 184 Å². The van der Waals surface area contributed by atoms with Crippen LogP contribution < -0.4 is 10.6 Å². The van der Waals surface area contributed by atoms with Gasteiger partial charge in [-0.2, -0.15) is 0 Å². The van der Waals surface area contributed by atoms with Gasteiger partial charge in [0.25, 0.3) is 11.6 Å². The first-order chi connectivity index (χ1) is 15.3. The van der Waals surface area contributed by atoms with Gasteiger partial charge in [-0.05, 0) is 43.7 Å². The standard InChI is InChI=1S/C22H22N4O6/c1-4-25-13(2)18(21(28)32-3)19(24-22(25)29)14-5-9-16(10-6-14)23-20(27)15-7-11-17(12-8-15)26(30)31/h5-12,19H,4H2,1-3H3,(H,23,27)(H,24,29). The number of carbonyl (C=O) groups is 3. The molecule has 3 amide bonds. The van der Waals surface area contributed by atoms with Crippen LogP contribution in [-0.2, 0) is 9.53 Å². The van der Waals surface area contributed by atoms with E-state index in [2.05, 4.69) is 10.6 Å². The van der Waals surface area contributed by atoms with Crippen LogP contribution in [0.5, 0.6) is 0 Å². The van der Waals surface area contributed by atoms with E-state index in [1.807, 2.05) is 0 Å². The minimum absolute atomic E-state index is 0.105. The number of carbonyl (C=O) groups excluding carboxylic acids is 3. The number of amides is 3. The molecule has 0 saturated carbocycles. The zero-order valence-corrected chi connectivity index (χ0v) is 17.7. The molecule has 0 spiro atoms. The number of benzene rings is 2. The molecular formula is C22H22N4O6. The molecule has 32 heavy (non-hydrogen) atoms. The highest BCUT2D eigenvalue weighted by atomic mass is 16.6. The molecule has 166 valence electrons.